The highest BCUT2D eigenvalue weighted by molar-refractivity contribution is 6.01. The molecule has 1 N–H and O–H groups in total. The van der Waals surface area contributed by atoms with Crippen molar-refractivity contribution in [3.63, 3.8) is 0 Å². The number of phenols is 1. The van der Waals surface area contributed by atoms with Crippen molar-refractivity contribution in [2.75, 3.05) is 0 Å². The molecule has 3 heteroatoms. The third-order valence-electron chi connectivity index (χ3n) is 2.54. The monoisotopic (exact) mass is 230 g/mol. The molecular weight excluding hydrogens is 219 g/mol. The Hall–Kier alpha value is -2.16. The Morgan fingerprint density at radius 1 is 1.12 bits per heavy atom. The zero-order valence-corrected chi connectivity index (χ0v) is 9.27. The van der Waals surface area contributed by atoms with E-state index in [4.69, 9.17) is 0 Å². The number of aromatic hydroxyl groups is 1. The van der Waals surface area contributed by atoms with Crippen LogP contribution in [0, 0.1) is 5.82 Å². The van der Waals surface area contributed by atoms with Crippen molar-refractivity contribution in [2.45, 2.75) is 6.92 Å². The molecule has 0 amide bonds. The van der Waals surface area contributed by atoms with Gasteiger partial charge in [0.2, 0.25) is 0 Å². The summed E-state index contributed by atoms with van der Waals surface area (Å²) in [5.41, 5.74) is 1.32. The van der Waals surface area contributed by atoms with Crippen LogP contribution in [-0.4, -0.2) is 10.9 Å². The van der Waals surface area contributed by atoms with Gasteiger partial charge in [-0.3, -0.25) is 4.79 Å². The maximum atomic E-state index is 13.6. The van der Waals surface area contributed by atoms with Gasteiger partial charge >= 0.3 is 0 Å². The smallest absolute Gasteiger partial charge is 0.163 e. The van der Waals surface area contributed by atoms with Crippen molar-refractivity contribution in [2.24, 2.45) is 0 Å². The van der Waals surface area contributed by atoms with Crippen molar-refractivity contribution >= 4 is 5.78 Å². The summed E-state index contributed by atoms with van der Waals surface area (Å²) in [6.45, 7) is 1.34. The first kappa shape index (κ1) is 11.3. The normalized spacial score (nSPS) is 10.2. The lowest BCUT2D eigenvalue weighted by molar-refractivity contribution is 0.101. The van der Waals surface area contributed by atoms with Crippen LogP contribution >= 0.6 is 0 Å². The molecule has 0 aliphatic heterocycles. The number of rotatable bonds is 2. The summed E-state index contributed by atoms with van der Waals surface area (Å²) in [7, 11) is 0. The largest absolute Gasteiger partial charge is 0.508 e. The molecule has 0 atom stereocenters. The van der Waals surface area contributed by atoms with Crippen LogP contribution < -0.4 is 0 Å². The highest BCUT2D eigenvalue weighted by Gasteiger charge is 2.13. The number of hydrogen-bond donors (Lipinski definition) is 1. The van der Waals surface area contributed by atoms with Gasteiger partial charge in [-0.15, -0.1) is 0 Å². The van der Waals surface area contributed by atoms with Crippen LogP contribution in [-0.2, 0) is 0 Å². The van der Waals surface area contributed by atoms with E-state index < -0.39 is 5.82 Å². The van der Waals surface area contributed by atoms with Crippen LogP contribution in [0.5, 0.6) is 5.75 Å². The van der Waals surface area contributed by atoms with Crippen LogP contribution in [0.15, 0.2) is 42.5 Å². The minimum Gasteiger partial charge on any atom is -0.508 e. The Bertz CT molecular complexity index is 559. The molecule has 2 aromatic carbocycles. The number of Topliss-reactive ketones (excluding diaryl/α,β-unsaturated/α-hetero) is 1. The Labute approximate surface area is 98.3 Å². The van der Waals surface area contributed by atoms with E-state index in [9.17, 15) is 14.3 Å². The van der Waals surface area contributed by atoms with Gasteiger partial charge in [0.1, 0.15) is 11.6 Å². The molecule has 0 bridgehead atoms. The first-order valence-electron chi connectivity index (χ1n) is 5.18. The Kier molecular flexibility index (Phi) is 2.91. The molecule has 0 unspecified atom stereocenters. The third-order valence-corrected chi connectivity index (χ3v) is 2.54. The van der Waals surface area contributed by atoms with Crippen LogP contribution in [0.25, 0.3) is 11.1 Å². The van der Waals surface area contributed by atoms with Crippen LogP contribution in [0.4, 0.5) is 4.39 Å². The second-order valence-electron chi connectivity index (χ2n) is 3.77. The van der Waals surface area contributed by atoms with Gasteiger partial charge in [0.05, 0.1) is 5.56 Å². The summed E-state index contributed by atoms with van der Waals surface area (Å²) in [4.78, 5) is 11.4. The molecule has 86 valence electrons. The highest BCUT2D eigenvalue weighted by atomic mass is 19.1. The second-order valence-corrected chi connectivity index (χ2v) is 3.77. The van der Waals surface area contributed by atoms with E-state index in [-0.39, 0.29) is 17.1 Å². The predicted octanol–water partition coefficient (Wildman–Crippen LogP) is 3.40. The van der Waals surface area contributed by atoms with Gasteiger partial charge in [-0.05, 0) is 36.2 Å². The Morgan fingerprint density at radius 2 is 1.76 bits per heavy atom. The maximum absolute atomic E-state index is 13.6. The van der Waals surface area contributed by atoms with E-state index in [1.807, 2.05) is 0 Å². The molecule has 2 rings (SSSR count). The molecular formula is C14H11FO2. The van der Waals surface area contributed by atoms with E-state index in [2.05, 4.69) is 0 Å². The van der Waals surface area contributed by atoms with Gasteiger partial charge in [-0.25, -0.2) is 4.39 Å². The second kappa shape index (κ2) is 4.37. The fourth-order valence-electron chi connectivity index (χ4n) is 1.76. The molecule has 0 spiro atoms. The molecule has 0 saturated carbocycles. The Balaban J connectivity index is 2.63. The molecule has 0 aromatic heterocycles. The van der Waals surface area contributed by atoms with Gasteiger partial charge in [0.15, 0.2) is 5.78 Å². The van der Waals surface area contributed by atoms with Crippen LogP contribution in [0.1, 0.15) is 17.3 Å². The lowest BCUT2D eigenvalue weighted by Crippen LogP contribution is -2.00. The fraction of sp³-hybridized carbons (Fsp3) is 0.0714. The number of phenolic OH excluding ortho intramolecular Hbond substituents is 1. The number of hydrogen-bond acceptors (Lipinski definition) is 2. The van der Waals surface area contributed by atoms with Gasteiger partial charge in [-0.2, -0.15) is 0 Å². The van der Waals surface area contributed by atoms with Crippen LogP contribution in [0.2, 0.25) is 0 Å². The van der Waals surface area contributed by atoms with Gasteiger partial charge in [-0.1, -0.05) is 24.3 Å². The molecule has 0 aliphatic rings. The predicted molar refractivity (Wildman–Crippen MR) is 63.5 cm³/mol. The molecule has 2 aromatic rings. The molecule has 0 aliphatic carbocycles. The van der Waals surface area contributed by atoms with E-state index in [1.165, 1.54) is 25.1 Å². The molecule has 0 heterocycles. The molecule has 0 radical (unpaired) electrons. The summed E-state index contributed by atoms with van der Waals surface area (Å²) >= 11 is 0. The summed E-state index contributed by atoms with van der Waals surface area (Å²) in [6.07, 6.45) is 0. The third kappa shape index (κ3) is 2.18. The van der Waals surface area contributed by atoms with Crippen molar-refractivity contribution < 1.29 is 14.3 Å². The average Bonchev–Trinajstić information content (AvgIpc) is 2.29. The van der Waals surface area contributed by atoms with E-state index >= 15 is 0 Å². The number of halogens is 1. The summed E-state index contributed by atoms with van der Waals surface area (Å²) in [6, 6.07) is 10.8. The quantitative estimate of drug-likeness (QED) is 0.803. The van der Waals surface area contributed by atoms with Crippen molar-refractivity contribution in [3.8, 4) is 16.9 Å². The topological polar surface area (TPSA) is 37.3 Å². The lowest BCUT2D eigenvalue weighted by atomic mass is 9.97. The van der Waals surface area contributed by atoms with E-state index in [1.54, 1.807) is 24.3 Å². The minimum absolute atomic E-state index is 0.0817. The zero-order valence-electron chi connectivity index (χ0n) is 9.27. The highest BCUT2D eigenvalue weighted by Crippen LogP contribution is 2.27. The van der Waals surface area contributed by atoms with Gasteiger partial charge in [0.25, 0.3) is 0 Å². The molecule has 2 nitrogen and oxygen atoms in total. The molecule has 17 heavy (non-hydrogen) atoms. The van der Waals surface area contributed by atoms with Crippen LogP contribution in [0.3, 0.4) is 0 Å². The number of carbonyl (C=O) groups is 1. The van der Waals surface area contributed by atoms with Crippen molar-refractivity contribution in [1.82, 2.24) is 0 Å². The van der Waals surface area contributed by atoms with E-state index in [0.29, 0.717) is 11.1 Å². The zero-order chi connectivity index (χ0) is 12.4. The number of benzene rings is 2. The standard InChI is InChI=1S/C14H11FO2/c1-9(16)14-12(3-2-4-13(14)15)10-5-7-11(17)8-6-10/h2-8,17H,1H3. The van der Waals surface area contributed by atoms with Crippen molar-refractivity contribution in [1.29, 1.82) is 0 Å². The molecule has 0 saturated heterocycles. The number of carbonyl (C=O) groups excluding carboxylic acids is 1. The maximum Gasteiger partial charge on any atom is 0.163 e. The Morgan fingerprint density at radius 3 is 2.35 bits per heavy atom. The summed E-state index contributed by atoms with van der Waals surface area (Å²) in [5, 5.41) is 9.20. The van der Waals surface area contributed by atoms with E-state index in [0.717, 1.165) is 0 Å². The minimum atomic E-state index is -0.525. The van der Waals surface area contributed by atoms with Gasteiger partial charge in [0, 0.05) is 0 Å². The summed E-state index contributed by atoms with van der Waals surface area (Å²) in [5.74, 6) is -0.705. The SMILES string of the molecule is CC(=O)c1c(F)cccc1-c1ccc(O)cc1. The molecule has 0 fully saturated rings. The van der Waals surface area contributed by atoms with Crippen molar-refractivity contribution in [3.05, 3.63) is 53.8 Å². The fourth-order valence-corrected chi connectivity index (χ4v) is 1.76. The van der Waals surface area contributed by atoms with Gasteiger partial charge < -0.3 is 5.11 Å². The average molecular weight is 230 g/mol. The lowest BCUT2D eigenvalue weighted by Gasteiger charge is -2.08. The number of ketones is 1. The summed E-state index contributed by atoms with van der Waals surface area (Å²) < 4.78 is 13.6. The first-order chi connectivity index (χ1) is 8.09. The first-order valence-corrected chi connectivity index (χ1v) is 5.18.